The van der Waals surface area contributed by atoms with Crippen LogP contribution in [0.5, 0.6) is 0 Å². The second-order valence-electron chi connectivity index (χ2n) is 4.47. The van der Waals surface area contributed by atoms with Gasteiger partial charge in [-0.2, -0.15) is 0 Å². The molecule has 6 heteroatoms. The van der Waals surface area contributed by atoms with Gasteiger partial charge >= 0.3 is 0 Å². The van der Waals surface area contributed by atoms with Crippen molar-refractivity contribution in [2.24, 2.45) is 0 Å². The van der Waals surface area contributed by atoms with E-state index in [1.165, 1.54) is 0 Å². The largest absolute Gasteiger partial charge is 0.313 e. The molecule has 2 fully saturated rings. The van der Waals surface area contributed by atoms with Crippen LogP contribution in [-0.2, 0) is 0 Å². The highest BCUT2D eigenvalue weighted by atomic mass is 33.1. The highest BCUT2D eigenvalue weighted by Crippen LogP contribution is 2.34. The van der Waals surface area contributed by atoms with Crippen LogP contribution in [-0.4, -0.2) is 73.9 Å². The molecule has 4 nitrogen and oxygen atoms in total. The molecule has 16 heavy (non-hydrogen) atoms. The average Bonchev–Trinajstić information content (AvgIpc) is 2.30. The maximum Gasteiger partial charge on any atom is 0.0786 e. The molecule has 0 spiro atoms. The minimum absolute atomic E-state index is 0.620. The van der Waals surface area contributed by atoms with Gasteiger partial charge in [0.2, 0.25) is 0 Å². The van der Waals surface area contributed by atoms with E-state index in [0.717, 1.165) is 39.3 Å². The van der Waals surface area contributed by atoms with Crippen LogP contribution in [0.3, 0.4) is 0 Å². The second-order valence-corrected chi connectivity index (χ2v) is 7.10. The fourth-order valence-electron chi connectivity index (χ4n) is 1.90. The third-order valence-electron chi connectivity index (χ3n) is 3.18. The number of likely N-dealkylation sites (N-methyl/N-ethyl adjacent to an activating group) is 2. The molecule has 2 saturated heterocycles. The smallest absolute Gasteiger partial charge is 0.0786 e. The van der Waals surface area contributed by atoms with Gasteiger partial charge in [-0.1, -0.05) is 21.6 Å². The first-order chi connectivity index (χ1) is 7.77. The van der Waals surface area contributed by atoms with Crippen molar-refractivity contribution in [3.05, 3.63) is 0 Å². The van der Waals surface area contributed by atoms with Crippen molar-refractivity contribution < 1.29 is 0 Å². The highest BCUT2D eigenvalue weighted by Gasteiger charge is 2.24. The molecule has 2 atom stereocenters. The van der Waals surface area contributed by atoms with E-state index in [1.54, 1.807) is 0 Å². The van der Waals surface area contributed by atoms with Gasteiger partial charge in [0.25, 0.3) is 0 Å². The Morgan fingerprint density at radius 2 is 1.31 bits per heavy atom. The Balaban J connectivity index is 1.72. The molecule has 0 saturated carbocycles. The first kappa shape index (κ1) is 13.0. The molecule has 0 aliphatic carbocycles. The van der Waals surface area contributed by atoms with E-state index in [1.807, 2.05) is 21.6 Å². The van der Waals surface area contributed by atoms with E-state index in [0.29, 0.717) is 10.7 Å². The van der Waals surface area contributed by atoms with E-state index in [-0.39, 0.29) is 0 Å². The summed E-state index contributed by atoms with van der Waals surface area (Å²) < 4.78 is 0. The average molecular weight is 262 g/mol. The van der Waals surface area contributed by atoms with Crippen LogP contribution in [0.1, 0.15) is 0 Å². The zero-order valence-corrected chi connectivity index (χ0v) is 11.7. The molecule has 2 unspecified atom stereocenters. The van der Waals surface area contributed by atoms with Crippen LogP contribution < -0.4 is 10.6 Å². The van der Waals surface area contributed by atoms with Crippen LogP contribution in [0.25, 0.3) is 0 Å². The van der Waals surface area contributed by atoms with Crippen LogP contribution >= 0.6 is 21.6 Å². The summed E-state index contributed by atoms with van der Waals surface area (Å²) in [5, 5.41) is 8.16. The van der Waals surface area contributed by atoms with Gasteiger partial charge < -0.3 is 10.6 Å². The summed E-state index contributed by atoms with van der Waals surface area (Å²) in [5.74, 6) is 0. The van der Waals surface area contributed by atoms with Crippen LogP contribution in [0.15, 0.2) is 0 Å². The van der Waals surface area contributed by atoms with Crippen molar-refractivity contribution >= 4 is 21.6 Å². The van der Waals surface area contributed by atoms with Crippen molar-refractivity contribution in [2.45, 2.75) is 10.7 Å². The summed E-state index contributed by atoms with van der Waals surface area (Å²) >= 11 is 0. The van der Waals surface area contributed by atoms with Gasteiger partial charge in [-0.05, 0) is 14.1 Å². The molecule has 2 rings (SSSR count). The summed E-state index contributed by atoms with van der Waals surface area (Å²) in [5.41, 5.74) is 0. The lowest BCUT2D eigenvalue weighted by atomic mass is 10.4. The molecule has 0 aromatic rings. The number of hydrogen-bond donors (Lipinski definition) is 2. The molecule has 94 valence electrons. The molecule has 2 N–H and O–H groups in total. The van der Waals surface area contributed by atoms with E-state index in [4.69, 9.17) is 0 Å². The van der Waals surface area contributed by atoms with Gasteiger partial charge in [0, 0.05) is 39.3 Å². The van der Waals surface area contributed by atoms with Crippen molar-refractivity contribution in [2.75, 3.05) is 53.4 Å². The minimum atomic E-state index is 0.620. The molecule has 0 bridgehead atoms. The standard InChI is InChI=1S/C10H22N4S2/c1-13-5-3-11-7-9(13)15-16-10-8-12-4-6-14(10)2/h9-12H,3-8H2,1-2H3. The monoisotopic (exact) mass is 262 g/mol. The number of piperazine rings is 2. The first-order valence-electron chi connectivity index (χ1n) is 5.91. The van der Waals surface area contributed by atoms with Gasteiger partial charge in [-0.3, -0.25) is 9.80 Å². The first-order valence-corrected chi connectivity index (χ1v) is 8.19. The van der Waals surface area contributed by atoms with Gasteiger partial charge in [-0.25, -0.2) is 0 Å². The van der Waals surface area contributed by atoms with E-state index in [2.05, 4.69) is 34.5 Å². The number of hydrogen-bond acceptors (Lipinski definition) is 6. The van der Waals surface area contributed by atoms with Crippen LogP contribution in [0.4, 0.5) is 0 Å². The quantitative estimate of drug-likeness (QED) is 0.701. The van der Waals surface area contributed by atoms with E-state index >= 15 is 0 Å². The maximum absolute atomic E-state index is 3.46. The molecule has 0 amide bonds. The third-order valence-corrected chi connectivity index (χ3v) is 6.46. The van der Waals surface area contributed by atoms with Gasteiger partial charge in [0.1, 0.15) is 0 Å². The fraction of sp³-hybridized carbons (Fsp3) is 1.00. The van der Waals surface area contributed by atoms with Crippen LogP contribution in [0, 0.1) is 0 Å². The molecule has 2 aliphatic rings. The molecule has 0 aromatic heterocycles. The Kier molecular flexibility index (Phi) is 5.25. The molecule has 0 radical (unpaired) electrons. The SMILES string of the molecule is CN1CCNCC1SSC1CNCCN1C. The Labute approximate surface area is 106 Å². The summed E-state index contributed by atoms with van der Waals surface area (Å²) in [6, 6.07) is 0. The summed E-state index contributed by atoms with van der Waals surface area (Å²) in [7, 11) is 8.48. The zero-order valence-electron chi connectivity index (χ0n) is 10.1. The summed E-state index contributed by atoms with van der Waals surface area (Å²) in [6.45, 7) is 6.80. The molecule has 2 aliphatic heterocycles. The van der Waals surface area contributed by atoms with E-state index in [9.17, 15) is 0 Å². The van der Waals surface area contributed by atoms with Crippen molar-refractivity contribution in [1.29, 1.82) is 0 Å². The maximum atomic E-state index is 3.46. The number of rotatable bonds is 3. The Morgan fingerprint density at radius 3 is 1.69 bits per heavy atom. The fourth-order valence-corrected chi connectivity index (χ4v) is 5.10. The predicted octanol–water partition coefficient (Wildman–Crippen LogP) is 0.0900. The number of nitrogens with one attached hydrogen (secondary N) is 2. The molecular weight excluding hydrogens is 240 g/mol. The van der Waals surface area contributed by atoms with Crippen LogP contribution in [0.2, 0.25) is 0 Å². The Hall–Kier alpha value is 0.540. The summed E-state index contributed by atoms with van der Waals surface area (Å²) in [6.07, 6.45) is 0. The Bertz CT molecular complexity index is 195. The predicted molar refractivity (Wildman–Crippen MR) is 73.8 cm³/mol. The lowest BCUT2D eigenvalue weighted by Crippen LogP contribution is -2.49. The van der Waals surface area contributed by atoms with Gasteiger partial charge in [0.05, 0.1) is 10.7 Å². The molecule has 0 aromatic carbocycles. The number of nitrogens with zero attached hydrogens (tertiary/aromatic N) is 2. The highest BCUT2D eigenvalue weighted by molar-refractivity contribution is 8.77. The lowest BCUT2D eigenvalue weighted by Gasteiger charge is -2.36. The van der Waals surface area contributed by atoms with Gasteiger partial charge in [-0.15, -0.1) is 0 Å². The zero-order chi connectivity index (χ0) is 11.4. The normalized spacial score (nSPS) is 34.1. The minimum Gasteiger partial charge on any atom is -0.313 e. The summed E-state index contributed by atoms with van der Waals surface area (Å²) in [4.78, 5) is 4.90. The third kappa shape index (κ3) is 3.51. The van der Waals surface area contributed by atoms with E-state index < -0.39 is 0 Å². The van der Waals surface area contributed by atoms with Crippen molar-refractivity contribution in [3.8, 4) is 0 Å². The lowest BCUT2D eigenvalue weighted by molar-refractivity contribution is 0.264. The van der Waals surface area contributed by atoms with Crippen molar-refractivity contribution in [1.82, 2.24) is 20.4 Å². The topological polar surface area (TPSA) is 30.5 Å². The molecule has 2 heterocycles. The molecular formula is C10H22N4S2. The van der Waals surface area contributed by atoms with Gasteiger partial charge in [0.15, 0.2) is 0 Å². The van der Waals surface area contributed by atoms with Crippen molar-refractivity contribution in [3.63, 3.8) is 0 Å². The second kappa shape index (κ2) is 6.47. The Morgan fingerprint density at radius 1 is 0.875 bits per heavy atom.